The van der Waals surface area contributed by atoms with Gasteiger partial charge in [-0.05, 0) is 54.2 Å². The summed E-state index contributed by atoms with van der Waals surface area (Å²) in [6.07, 6.45) is 0. The highest BCUT2D eigenvalue weighted by Gasteiger charge is 2.22. The maximum absolute atomic E-state index is 11.5. The van der Waals surface area contributed by atoms with Crippen molar-refractivity contribution in [2.24, 2.45) is 0 Å². The lowest BCUT2D eigenvalue weighted by Gasteiger charge is -2.22. The van der Waals surface area contributed by atoms with Gasteiger partial charge < -0.3 is 20.1 Å². The lowest BCUT2D eigenvalue weighted by molar-refractivity contribution is -0.114. The molecule has 0 bridgehead atoms. The van der Waals surface area contributed by atoms with Crippen LogP contribution in [0.5, 0.6) is 11.5 Å². The molecule has 0 saturated heterocycles. The quantitative estimate of drug-likeness (QED) is 0.568. The first-order valence-corrected chi connectivity index (χ1v) is 9.35. The fourth-order valence-electron chi connectivity index (χ4n) is 3.60. The third-order valence-corrected chi connectivity index (χ3v) is 5.09. The molecule has 1 aromatic heterocycles. The van der Waals surface area contributed by atoms with Crippen LogP contribution in [0.2, 0.25) is 0 Å². The van der Waals surface area contributed by atoms with Crippen LogP contribution >= 0.6 is 0 Å². The molecule has 3 N–H and O–H groups in total. The van der Waals surface area contributed by atoms with Crippen molar-refractivity contribution in [1.82, 2.24) is 4.98 Å². The monoisotopic (exact) mass is 380 g/mol. The number of carbonyl (C=O) groups is 1. The molecule has 0 aliphatic heterocycles. The van der Waals surface area contributed by atoms with Crippen molar-refractivity contribution in [1.29, 1.82) is 0 Å². The van der Waals surface area contributed by atoms with Crippen LogP contribution in [0.25, 0.3) is 22.2 Å². The molecule has 3 aromatic rings. The number of aromatic hydroxyl groups is 1. The van der Waals surface area contributed by atoms with E-state index in [2.05, 4.69) is 38.0 Å². The number of ether oxygens (including phenoxy) is 1. The van der Waals surface area contributed by atoms with Crippen molar-refractivity contribution in [3.8, 4) is 22.8 Å². The first-order chi connectivity index (χ1) is 13.0. The largest absolute Gasteiger partial charge is 0.507 e. The van der Waals surface area contributed by atoms with Gasteiger partial charge in [-0.1, -0.05) is 20.8 Å². The molecule has 0 aliphatic carbocycles. The minimum atomic E-state index is -0.174. The number of carbonyl (C=O) groups excluding carboxylic acids is 1. The number of phenolic OH excluding ortho intramolecular Hbond substituents is 1. The van der Waals surface area contributed by atoms with E-state index in [4.69, 9.17) is 4.74 Å². The highest BCUT2D eigenvalue weighted by Crippen LogP contribution is 2.40. The van der Waals surface area contributed by atoms with Gasteiger partial charge in [0, 0.05) is 35.2 Å². The van der Waals surface area contributed by atoms with Crippen LogP contribution in [0.3, 0.4) is 0 Å². The summed E-state index contributed by atoms with van der Waals surface area (Å²) in [6.45, 7) is 11.7. The normalized spacial score (nSPS) is 11.7. The summed E-state index contributed by atoms with van der Waals surface area (Å²) in [5.74, 6) is 0.808. The number of aromatic amines is 1. The number of aromatic nitrogens is 1. The van der Waals surface area contributed by atoms with E-state index in [1.807, 2.05) is 31.2 Å². The fourth-order valence-corrected chi connectivity index (χ4v) is 3.60. The molecule has 1 heterocycles. The summed E-state index contributed by atoms with van der Waals surface area (Å²) >= 11 is 0. The predicted molar refractivity (Wildman–Crippen MR) is 114 cm³/mol. The number of anilines is 1. The number of hydrogen-bond donors (Lipinski definition) is 3. The summed E-state index contributed by atoms with van der Waals surface area (Å²) in [7, 11) is 1.59. The van der Waals surface area contributed by atoms with E-state index >= 15 is 0 Å². The van der Waals surface area contributed by atoms with Gasteiger partial charge in [-0.2, -0.15) is 0 Å². The Morgan fingerprint density at radius 3 is 2.39 bits per heavy atom. The summed E-state index contributed by atoms with van der Waals surface area (Å²) < 4.78 is 5.44. The lowest BCUT2D eigenvalue weighted by Crippen LogP contribution is -2.12. The first-order valence-electron chi connectivity index (χ1n) is 9.35. The first kappa shape index (κ1) is 19.8. The number of aryl methyl sites for hydroxylation is 2. The number of phenols is 1. The van der Waals surface area contributed by atoms with Gasteiger partial charge in [-0.3, -0.25) is 4.79 Å². The summed E-state index contributed by atoms with van der Waals surface area (Å²) in [6, 6.07) is 7.87. The third kappa shape index (κ3) is 3.44. The molecule has 2 aromatic carbocycles. The Morgan fingerprint density at radius 1 is 1.14 bits per heavy atom. The van der Waals surface area contributed by atoms with E-state index < -0.39 is 0 Å². The predicted octanol–water partition coefficient (Wildman–Crippen LogP) is 5.42. The standard InChI is InChI=1S/C23H28N2O3/c1-12-8-15(9-17(22(12)27)23(4,5)6)21-13(2)16-10-19(24-14(3)26)20(28-7)11-18(16)25-21/h8-11,25,27H,1-7H3,(H,24,26). The molecule has 0 saturated carbocycles. The van der Waals surface area contributed by atoms with Crippen molar-refractivity contribution in [2.45, 2.75) is 47.0 Å². The zero-order valence-electron chi connectivity index (χ0n) is 17.6. The molecular weight excluding hydrogens is 352 g/mol. The molecule has 0 fully saturated rings. The summed E-state index contributed by atoms with van der Waals surface area (Å²) in [4.78, 5) is 15.0. The maximum atomic E-state index is 11.5. The maximum Gasteiger partial charge on any atom is 0.221 e. The van der Waals surface area contributed by atoms with Crippen LogP contribution < -0.4 is 10.1 Å². The van der Waals surface area contributed by atoms with Gasteiger partial charge in [-0.15, -0.1) is 0 Å². The van der Waals surface area contributed by atoms with Crippen LogP contribution in [0.15, 0.2) is 24.3 Å². The van der Waals surface area contributed by atoms with E-state index in [0.29, 0.717) is 17.2 Å². The molecule has 0 aliphatic rings. The molecule has 28 heavy (non-hydrogen) atoms. The Hall–Kier alpha value is -2.95. The second-order valence-electron chi connectivity index (χ2n) is 8.34. The second kappa shape index (κ2) is 6.89. The van der Waals surface area contributed by atoms with E-state index in [1.54, 1.807) is 7.11 Å². The van der Waals surface area contributed by atoms with Gasteiger partial charge in [-0.25, -0.2) is 0 Å². The molecule has 0 atom stereocenters. The number of rotatable bonds is 3. The Labute approximate surface area is 165 Å². The van der Waals surface area contributed by atoms with Crippen LogP contribution in [-0.4, -0.2) is 23.1 Å². The van der Waals surface area contributed by atoms with Crippen LogP contribution in [-0.2, 0) is 10.2 Å². The number of nitrogens with one attached hydrogen (secondary N) is 2. The van der Waals surface area contributed by atoms with Gasteiger partial charge in [0.25, 0.3) is 0 Å². The summed E-state index contributed by atoms with van der Waals surface area (Å²) in [5.41, 5.74) is 6.25. The van der Waals surface area contributed by atoms with Gasteiger partial charge >= 0.3 is 0 Å². The Kier molecular flexibility index (Phi) is 4.88. The highest BCUT2D eigenvalue weighted by atomic mass is 16.5. The number of benzene rings is 2. The fraction of sp³-hybridized carbons (Fsp3) is 0.348. The van der Waals surface area contributed by atoms with Gasteiger partial charge in [0.1, 0.15) is 11.5 Å². The van der Waals surface area contributed by atoms with Crippen LogP contribution in [0, 0.1) is 13.8 Å². The van der Waals surface area contributed by atoms with E-state index in [-0.39, 0.29) is 11.3 Å². The Bertz CT molecular complexity index is 1070. The molecule has 148 valence electrons. The molecule has 0 radical (unpaired) electrons. The van der Waals surface area contributed by atoms with Crippen LogP contribution in [0.1, 0.15) is 44.4 Å². The molecule has 0 spiro atoms. The highest BCUT2D eigenvalue weighted by molar-refractivity contribution is 5.98. The zero-order chi connectivity index (χ0) is 20.8. The molecule has 5 nitrogen and oxygen atoms in total. The van der Waals surface area contributed by atoms with E-state index in [9.17, 15) is 9.90 Å². The number of methoxy groups -OCH3 is 1. The summed E-state index contributed by atoms with van der Waals surface area (Å²) in [5, 5.41) is 14.4. The molecular formula is C23H28N2O3. The van der Waals surface area contributed by atoms with Crippen molar-refractivity contribution in [3.05, 3.63) is 41.0 Å². The topological polar surface area (TPSA) is 74.3 Å². The van der Waals surface area contributed by atoms with Crippen molar-refractivity contribution in [3.63, 3.8) is 0 Å². The van der Waals surface area contributed by atoms with Gasteiger partial charge in [0.05, 0.1) is 12.8 Å². The SMILES string of the molecule is COc1cc2[nH]c(-c3cc(C)c(O)c(C(C)(C)C)c3)c(C)c2cc1NC(C)=O. The Morgan fingerprint density at radius 2 is 1.82 bits per heavy atom. The smallest absolute Gasteiger partial charge is 0.221 e. The van der Waals surface area contributed by atoms with Gasteiger partial charge in [0.2, 0.25) is 5.91 Å². The van der Waals surface area contributed by atoms with Crippen LogP contribution in [0.4, 0.5) is 5.69 Å². The minimum absolute atomic E-state index is 0.143. The average molecular weight is 380 g/mol. The zero-order valence-corrected chi connectivity index (χ0v) is 17.6. The third-order valence-electron chi connectivity index (χ3n) is 5.09. The van der Waals surface area contributed by atoms with E-state index in [0.717, 1.165) is 38.9 Å². The van der Waals surface area contributed by atoms with Crippen molar-refractivity contribution < 1.29 is 14.6 Å². The number of fused-ring (bicyclic) bond motifs is 1. The Balaban J connectivity index is 2.24. The molecule has 1 amide bonds. The minimum Gasteiger partial charge on any atom is -0.507 e. The molecule has 0 unspecified atom stereocenters. The van der Waals surface area contributed by atoms with Crippen molar-refractivity contribution >= 4 is 22.5 Å². The van der Waals surface area contributed by atoms with Crippen molar-refractivity contribution in [2.75, 3.05) is 12.4 Å². The number of amides is 1. The number of H-pyrrole nitrogens is 1. The molecule has 5 heteroatoms. The molecule has 3 rings (SSSR count). The number of hydrogen-bond acceptors (Lipinski definition) is 3. The van der Waals surface area contributed by atoms with Gasteiger partial charge in [0.15, 0.2) is 0 Å². The lowest BCUT2D eigenvalue weighted by atomic mass is 9.83. The average Bonchev–Trinajstić information content (AvgIpc) is 2.91. The second-order valence-corrected chi connectivity index (χ2v) is 8.34. The van der Waals surface area contributed by atoms with E-state index in [1.165, 1.54) is 6.92 Å².